The van der Waals surface area contributed by atoms with Gasteiger partial charge in [0.2, 0.25) is 0 Å². The first-order chi connectivity index (χ1) is 6.83. The van der Waals surface area contributed by atoms with Gasteiger partial charge in [0.25, 0.3) is 0 Å². The van der Waals surface area contributed by atoms with Gasteiger partial charge in [-0.05, 0) is 39.7 Å². The molecule has 0 aromatic rings. The third-order valence-electron chi connectivity index (χ3n) is 2.59. The van der Waals surface area contributed by atoms with Gasteiger partial charge < -0.3 is 14.8 Å². The Morgan fingerprint density at radius 2 is 2.43 bits per heavy atom. The predicted molar refractivity (Wildman–Crippen MR) is 57.5 cm³/mol. The lowest BCUT2D eigenvalue weighted by Gasteiger charge is -2.13. The van der Waals surface area contributed by atoms with E-state index in [1.807, 2.05) is 7.05 Å². The summed E-state index contributed by atoms with van der Waals surface area (Å²) in [5, 5.41) is 3.10. The molecule has 2 atom stereocenters. The molecule has 1 saturated heterocycles. The molecular formula is C11H23NO2. The molecule has 0 bridgehead atoms. The van der Waals surface area contributed by atoms with Crippen molar-refractivity contribution in [3.8, 4) is 0 Å². The van der Waals surface area contributed by atoms with Gasteiger partial charge in [-0.3, -0.25) is 0 Å². The zero-order valence-electron chi connectivity index (χ0n) is 9.42. The van der Waals surface area contributed by atoms with Crippen LogP contribution >= 0.6 is 0 Å². The predicted octanol–water partition coefficient (Wildman–Crippen LogP) is 1.57. The van der Waals surface area contributed by atoms with Crippen LogP contribution in [0, 0.1) is 0 Å². The zero-order valence-corrected chi connectivity index (χ0v) is 9.42. The Morgan fingerprint density at radius 3 is 3.07 bits per heavy atom. The summed E-state index contributed by atoms with van der Waals surface area (Å²) >= 11 is 0. The molecule has 0 aliphatic carbocycles. The molecule has 0 radical (unpaired) electrons. The van der Waals surface area contributed by atoms with Crippen LogP contribution in [0.15, 0.2) is 0 Å². The van der Waals surface area contributed by atoms with E-state index in [4.69, 9.17) is 9.47 Å². The molecule has 0 spiro atoms. The van der Waals surface area contributed by atoms with Gasteiger partial charge in [0.15, 0.2) is 0 Å². The molecule has 0 amide bonds. The molecule has 14 heavy (non-hydrogen) atoms. The molecule has 84 valence electrons. The summed E-state index contributed by atoms with van der Waals surface area (Å²) in [5.74, 6) is 0. The van der Waals surface area contributed by atoms with Crippen molar-refractivity contribution in [2.24, 2.45) is 0 Å². The van der Waals surface area contributed by atoms with E-state index in [9.17, 15) is 0 Å². The van der Waals surface area contributed by atoms with Crippen LogP contribution in [0.25, 0.3) is 0 Å². The Morgan fingerprint density at radius 1 is 1.57 bits per heavy atom. The molecule has 1 heterocycles. The van der Waals surface area contributed by atoms with E-state index in [0.29, 0.717) is 12.2 Å². The van der Waals surface area contributed by atoms with Crippen molar-refractivity contribution in [3.63, 3.8) is 0 Å². The maximum atomic E-state index is 5.62. The van der Waals surface area contributed by atoms with Gasteiger partial charge in [-0.1, -0.05) is 0 Å². The number of likely N-dealkylation sites (N-methyl/N-ethyl adjacent to an activating group) is 1. The van der Waals surface area contributed by atoms with E-state index >= 15 is 0 Å². The highest BCUT2D eigenvalue weighted by Gasteiger charge is 2.14. The van der Waals surface area contributed by atoms with Gasteiger partial charge in [0.05, 0.1) is 12.2 Å². The van der Waals surface area contributed by atoms with Crippen molar-refractivity contribution >= 4 is 0 Å². The lowest BCUT2D eigenvalue weighted by molar-refractivity contribution is 0.0493. The smallest absolute Gasteiger partial charge is 0.0671 e. The highest BCUT2D eigenvalue weighted by atomic mass is 16.5. The second kappa shape index (κ2) is 7.21. The third-order valence-corrected chi connectivity index (χ3v) is 2.59. The average molecular weight is 201 g/mol. The van der Waals surface area contributed by atoms with Crippen molar-refractivity contribution in [2.75, 3.05) is 26.8 Å². The standard InChI is InChI=1S/C11H23NO2/c1-10(9-12-2)13-7-3-5-11-6-4-8-14-11/h10-12H,3-9H2,1-2H3. The van der Waals surface area contributed by atoms with Gasteiger partial charge in [-0.25, -0.2) is 0 Å². The van der Waals surface area contributed by atoms with Crippen molar-refractivity contribution in [1.82, 2.24) is 5.32 Å². The number of hydrogen-bond acceptors (Lipinski definition) is 3. The molecule has 1 rings (SSSR count). The Labute approximate surface area is 87.2 Å². The van der Waals surface area contributed by atoms with Crippen molar-refractivity contribution in [3.05, 3.63) is 0 Å². The summed E-state index contributed by atoms with van der Waals surface area (Å²) in [4.78, 5) is 0. The van der Waals surface area contributed by atoms with Crippen molar-refractivity contribution < 1.29 is 9.47 Å². The topological polar surface area (TPSA) is 30.5 Å². The lowest BCUT2D eigenvalue weighted by atomic mass is 10.1. The summed E-state index contributed by atoms with van der Waals surface area (Å²) in [5.41, 5.74) is 0. The second-order valence-electron chi connectivity index (χ2n) is 4.02. The summed E-state index contributed by atoms with van der Waals surface area (Å²) in [6.45, 7) is 4.85. The molecule has 0 saturated carbocycles. The average Bonchev–Trinajstić information content (AvgIpc) is 2.65. The van der Waals surface area contributed by atoms with Crippen LogP contribution in [0.5, 0.6) is 0 Å². The number of hydrogen-bond donors (Lipinski definition) is 1. The van der Waals surface area contributed by atoms with E-state index in [-0.39, 0.29) is 0 Å². The highest BCUT2D eigenvalue weighted by Crippen LogP contribution is 2.16. The van der Waals surface area contributed by atoms with E-state index in [0.717, 1.165) is 32.6 Å². The summed E-state index contributed by atoms with van der Waals surface area (Å²) in [6, 6.07) is 0. The maximum absolute atomic E-state index is 5.62. The van der Waals surface area contributed by atoms with E-state index in [2.05, 4.69) is 12.2 Å². The van der Waals surface area contributed by atoms with Gasteiger partial charge in [0, 0.05) is 19.8 Å². The third kappa shape index (κ3) is 4.94. The zero-order chi connectivity index (χ0) is 10.2. The SMILES string of the molecule is CNCC(C)OCCCC1CCCO1. The van der Waals surface area contributed by atoms with Gasteiger partial charge >= 0.3 is 0 Å². The Bertz CT molecular complexity index is 135. The maximum Gasteiger partial charge on any atom is 0.0671 e. The van der Waals surface area contributed by atoms with Gasteiger partial charge in [-0.2, -0.15) is 0 Å². The van der Waals surface area contributed by atoms with E-state index in [1.54, 1.807) is 0 Å². The summed E-state index contributed by atoms with van der Waals surface area (Å²) < 4.78 is 11.2. The Kier molecular flexibility index (Phi) is 6.15. The van der Waals surface area contributed by atoms with Crippen LogP contribution in [-0.2, 0) is 9.47 Å². The van der Waals surface area contributed by atoms with Crippen molar-refractivity contribution in [1.29, 1.82) is 0 Å². The van der Waals surface area contributed by atoms with Crippen LogP contribution in [-0.4, -0.2) is 39.0 Å². The fraction of sp³-hybridized carbons (Fsp3) is 1.00. The first kappa shape index (κ1) is 12.0. The molecule has 1 aliphatic heterocycles. The van der Waals surface area contributed by atoms with Crippen LogP contribution < -0.4 is 5.32 Å². The fourth-order valence-corrected chi connectivity index (χ4v) is 1.81. The van der Waals surface area contributed by atoms with Crippen molar-refractivity contribution in [2.45, 2.75) is 44.8 Å². The van der Waals surface area contributed by atoms with Crippen LogP contribution in [0.3, 0.4) is 0 Å². The molecular weight excluding hydrogens is 178 g/mol. The molecule has 1 fully saturated rings. The summed E-state index contributed by atoms with van der Waals surface area (Å²) in [7, 11) is 1.95. The van der Waals surface area contributed by atoms with Gasteiger partial charge in [-0.15, -0.1) is 0 Å². The number of nitrogens with one attached hydrogen (secondary N) is 1. The van der Waals surface area contributed by atoms with Crippen LogP contribution in [0.4, 0.5) is 0 Å². The minimum atomic E-state index is 0.324. The minimum absolute atomic E-state index is 0.324. The lowest BCUT2D eigenvalue weighted by Crippen LogP contribution is -2.24. The molecule has 1 aliphatic rings. The fourth-order valence-electron chi connectivity index (χ4n) is 1.81. The molecule has 0 aromatic heterocycles. The van der Waals surface area contributed by atoms with Crippen LogP contribution in [0.1, 0.15) is 32.6 Å². The first-order valence-electron chi connectivity index (χ1n) is 5.70. The molecule has 1 N–H and O–H groups in total. The number of rotatable bonds is 7. The number of ether oxygens (including phenoxy) is 2. The minimum Gasteiger partial charge on any atom is -0.378 e. The molecule has 0 aromatic carbocycles. The van der Waals surface area contributed by atoms with E-state index < -0.39 is 0 Å². The molecule has 3 heteroatoms. The highest BCUT2D eigenvalue weighted by molar-refractivity contribution is 4.64. The normalized spacial score (nSPS) is 24.0. The molecule has 2 unspecified atom stereocenters. The largest absolute Gasteiger partial charge is 0.378 e. The first-order valence-corrected chi connectivity index (χ1v) is 5.70. The van der Waals surface area contributed by atoms with E-state index in [1.165, 1.54) is 12.8 Å². The Balaban J connectivity index is 1.88. The Hall–Kier alpha value is -0.120. The van der Waals surface area contributed by atoms with Gasteiger partial charge in [0.1, 0.15) is 0 Å². The summed E-state index contributed by atoms with van der Waals surface area (Å²) in [6.07, 6.45) is 5.60. The monoisotopic (exact) mass is 201 g/mol. The quantitative estimate of drug-likeness (QED) is 0.634. The van der Waals surface area contributed by atoms with Crippen LogP contribution in [0.2, 0.25) is 0 Å². The molecule has 3 nitrogen and oxygen atoms in total. The second-order valence-corrected chi connectivity index (χ2v) is 4.02.